The van der Waals surface area contributed by atoms with E-state index in [4.69, 9.17) is 16.0 Å². The molecule has 0 spiro atoms. The van der Waals surface area contributed by atoms with E-state index in [1.54, 1.807) is 6.26 Å². The van der Waals surface area contributed by atoms with Gasteiger partial charge in [0.15, 0.2) is 0 Å². The summed E-state index contributed by atoms with van der Waals surface area (Å²) in [6, 6.07) is 10.3. The Morgan fingerprint density at radius 2 is 2.22 bits per heavy atom. The van der Waals surface area contributed by atoms with E-state index in [9.17, 15) is 0 Å². The second kappa shape index (κ2) is 6.48. The first-order valence-corrected chi connectivity index (χ1v) is 7.35. The SMILES string of the molecule is CC(CCc1ccco1)Nc1cc(I)ccc1Cl. The lowest BCUT2D eigenvalue weighted by atomic mass is 10.1. The molecular formula is C14H15ClINO. The molecule has 1 aromatic heterocycles. The lowest BCUT2D eigenvalue weighted by Gasteiger charge is -2.16. The Morgan fingerprint density at radius 3 is 2.94 bits per heavy atom. The van der Waals surface area contributed by atoms with Gasteiger partial charge in [0.2, 0.25) is 0 Å². The number of benzene rings is 1. The van der Waals surface area contributed by atoms with Crippen molar-refractivity contribution in [3.63, 3.8) is 0 Å². The molecule has 1 atom stereocenters. The molecule has 18 heavy (non-hydrogen) atoms. The maximum atomic E-state index is 6.16. The summed E-state index contributed by atoms with van der Waals surface area (Å²) in [5.41, 5.74) is 0.996. The first kappa shape index (κ1) is 13.7. The highest BCUT2D eigenvalue weighted by Crippen LogP contribution is 2.25. The molecule has 0 bridgehead atoms. The number of rotatable bonds is 5. The predicted molar refractivity (Wildman–Crippen MR) is 84.3 cm³/mol. The fourth-order valence-electron chi connectivity index (χ4n) is 1.76. The van der Waals surface area contributed by atoms with Gasteiger partial charge in [0.25, 0.3) is 0 Å². The Labute approximate surface area is 126 Å². The van der Waals surface area contributed by atoms with Crippen LogP contribution in [0.2, 0.25) is 5.02 Å². The molecule has 2 nitrogen and oxygen atoms in total. The number of halogens is 2. The third-order valence-corrected chi connectivity index (χ3v) is 3.73. The van der Waals surface area contributed by atoms with E-state index in [-0.39, 0.29) is 0 Å². The van der Waals surface area contributed by atoms with Gasteiger partial charge in [0.1, 0.15) is 5.76 Å². The van der Waals surface area contributed by atoms with Crippen LogP contribution in [0.4, 0.5) is 5.69 Å². The van der Waals surface area contributed by atoms with Gasteiger partial charge >= 0.3 is 0 Å². The summed E-state index contributed by atoms with van der Waals surface area (Å²) in [5, 5.41) is 4.20. The number of anilines is 1. The largest absolute Gasteiger partial charge is 0.469 e. The minimum absolute atomic E-state index is 0.353. The standard InChI is InChI=1S/C14H15ClINO/c1-10(4-6-12-3-2-8-18-12)17-14-9-11(16)5-7-13(14)15/h2-3,5,7-10,17H,4,6H2,1H3. The minimum Gasteiger partial charge on any atom is -0.469 e. The third kappa shape index (κ3) is 3.92. The van der Waals surface area contributed by atoms with Crippen molar-refractivity contribution >= 4 is 39.9 Å². The molecule has 1 N–H and O–H groups in total. The summed E-state index contributed by atoms with van der Waals surface area (Å²) in [5.74, 6) is 1.03. The van der Waals surface area contributed by atoms with E-state index in [0.717, 1.165) is 29.3 Å². The van der Waals surface area contributed by atoms with Crippen LogP contribution in [0.25, 0.3) is 0 Å². The van der Waals surface area contributed by atoms with Crippen LogP contribution < -0.4 is 5.32 Å². The molecule has 0 aliphatic rings. The molecule has 0 aliphatic carbocycles. The Balaban J connectivity index is 1.90. The molecule has 1 unspecified atom stereocenters. The van der Waals surface area contributed by atoms with Crippen LogP contribution in [0.1, 0.15) is 19.1 Å². The predicted octanol–water partition coefficient (Wildman–Crippen LogP) is 4.97. The maximum Gasteiger partial charge on any atom is 0.103 e. The van der Waals surface area contributed by atoms with Crippen LogP contribution in [0.3, 0.4) is 0 Å². The number of hydrogen-bond donors (Lipinski definition) is 1. The summed E-state index contributed by atoms with van der Waals surface area (Å²) < 4.78 is 6.50. The second-order valence-electron chi connectivity index (χ2n) is 4.29. The Morgan fingerprint density at radius 1 is 1.39 bits per heavy atom. The third-order valence-electron chi connectivity index (χ3n) is 2.73. The van der Waals surface area contributed by atoms with Crippen molar-refractivity contribution in [3.05, 3.63) is 50.9 Å². The summed E-state index contributed by atoms with van der Waals surface area (Å²) in [7, 11) is 0. The van der Waals surface area contributed by atoms with Gasteiger partial charge in [-0.15, -0.1) is 0 Å². The molecule has 2 rings (SSSR count). The van der Waals surface area contributed by atoms with Crippen molar-refractivity contribution in [1.82, 2.24) is 0 Å². The van der Waals surface area contributed by atoms with Crippen molar-refractivity contribution < 1.29 is 4.42 Å². The molecule has 0 fully saturated rings. The first-order chi connectivity index (χ1) is 8.65. The lowest BCUT2D eigenvalue weighted by Crippen LogP contribution is -2.16. The van der Waals surface area contributed by atoms with Gasteiger partial charge in [0, 0.05) is 16.0 Å². The highest BCUT2D eigenvalue weighted by molar-refractivity contribution is 14.1. The van der Waals surface area contributed by atoms with Gasteiger partial charge in [-0.3, -0.25) is 0 Å². The van der Waals surface area contributed by atoms with Gasteiger partial charge in [-0.05, 0) is 66.3 Å². The molecular weight excluding hydrogens is 361 g/mol. The average Bonchev–Trinajstić information content (AvgIpc) is 2.84. The maximum absolute atomic E-state index is 6.16. The number of hydrogen-bond acceptors (Lipinski definition) is 2. The van der Waals surface area contributed by atoms with Crippen molar-refractivity contribution in [2.75, 3.05) is 5.32 Å². The van der Waals surface area contributed by atoms with Crippen LogP contribution in [-0.2, 0) is 6.42 Å². The molecule has 0 radical (unpaired) electrons. The zero-order valence-corrected chi connectivity index (χ0v) is 13.0. The Bertz CT molecular complexity index is 499. The first-order valence-electron chi connectivity index (χ1n) is 5.89. The Hall–Kier alpha value is -0.680. The van der Waals surface area contributed by atoms with Crippen LogP contribution in [0, 0.1) is 3.57 Å². The smallest absolute Gasteiger partial charge is 0.103 e. The summed E-state index contributed by atoms with van der Waals surface area (Å²) in [6.45, 7) is 2.15. The second-order valence-corrected chi connectivity index (χ2v) is 5.94. The topological polar surface area (TPSA) is 25.2 Å². The molecule has 0 saturated carbocycles. The minimum atomic E-state index is 0.353. The van der Waals surface area contributed by atoms with E-state index < -0.39 is 0 Å². The number of aryl methyl sites for hydroxylation is 1. The van der Waals surface area contributed by atoms with Crippen molar-refractivity contribution in [2.45, 2.75) is 25.8 Å². The molecule has 1 heterocycles. The van der Waals surface area contributed by atoms with Crippen LogP contribution >= 0.6 is 34.2 Å². The zero-order valence-electron chi connectivity index (χ0n) is 10.1. The highest BCUT2D eigenvalue weighted by atomic mass is 127. The number of nitrogens with one attached hydrogen (secondary N) is 1. The molecule has 0 aliphatic heterocycles. The molecule has 0 saturated heterocycles. The van der Waals surface area contributed by atoms with E-state index >= 15 is 0 Å². The molecule has 0 amide bonds. The quantitative estimate of drug-likeness (QED) is 0.746. The van der Waals surface area contributed by atoms with Gasteiger partial charge in [0.05, 0.1) is 17.0 Å². The molecule has 96 valence electrons. The van der Waals surface area contributed by atoms with Gasteiger partial charge < -0.3 is 9.73 Å². The van der Waals surface area contributed by atoms with Crippen molar-refractivity contribution in [3.8, 4) is 0 Å². The number of furan rings is 1. The van der Waals surface area contributed by atoms with Gasteiger partial charge in [-0.1, -0.05) is 11.6 Å². The summed E-state index contributed by atoms with van der Waals surface area (Å²) in [6.07, 6.45) is 3.65. The normalized spacial score (nSPS) is 12.4. The highest BCUT2D eigenvalue weighted by Gasteiger charge is 2.07. The molecule has 4 heteroatoms. The van der Waals surface area contributed by atoms with E-state index in [1.165, 1.54) is 3.57 Å². The average molecular weight is 376 g/mol. The molecule has 1 aromatic carbocycles. The van der Waals surface area contributed by atoms with E-state index in [0.29, 0.717) is 6.04 Å². The van der Waals surface area contributed by atoms with Crippen molar-refractivity contribution in [1.29, 1.82) is 0 Å². The fraction of sp³-hybridized carbons (Fsp3) is 0.286. The van der Waals surface area contributed by atoms with Crippen molar-refractivity contribution in [2.24, 2.45) is 0 Å². The monoisotopic (exact) mass is 375 g/mol. The van der Waals surface area contributed by atoms with E-state index in [2.05, 4.69) is 40.9 Å². The van der Waals surface area contributed by atoms with Crippen LogP contribution in [-0.4, -0.2) is 6.04 Å². The van der Waals surface area contributed by atoms with Crippen LogP contribution in [0.15, 0.2) is 41.0 Å². The lowest BCUT2D eigenvalue weighted by molar-refractivity contribution is 0.495. The summed E-state index contributed by atoms with van der Waals surface area (Å²) >= 11 is 8.44. The molecule has 2 aromatic rings. The summed E-state index contributed by atoms with van der Waals surface area (Å²) in [4.78, 5) is 0. The van der Waals surface area contributed by atoms with Gasteiger partial charge in [-0.25, -0.2) is 0 Å². The van der Waals surface area contributed by atoms with Crippen LogP contribution in [0.5, 0.6) is 0 Å². The van der Waals surface area contributed by atoms with Gasteiger partial charge in [-0.2, -0.15) is 0 Å². The zero-order chi connectivity index (χ0) is 13.0. The fourth-order valence-corrected chi connectivity index (χ4v) is 2.42. The Kier molecular flexibility index (Phi) is 4.95. The van der Waals surface area contributed by atoms with E-state index in [1.807, 2.05) is 24.3 Å².